The fourth-order valence-corrected chi connectivity index (χ4v) is 7.67. The molecule has 3 N–H and O–H groups in total. The number of benzene rings is 5. The Hall–Kier alpha value is -6.56. The zero-order chi connectivity index (χ0) is 75.0. The summed E-state index contributed by atoms with van der Waals surface area (Å²) in [5.41, 5.74) is 7.57. The molecule has 0 bridgehead atoms. The van der Waals surface area contributed by atoms with E-state index in [0.717, 1.165) is 37.6 Å². The van der Waals surface area contributed by atoms with Crippen molar-refractivity contribution in [2.75, 3.05) is 95.6 Å². The van der Waals surface area contributed by atoms with Crippen molar-refractivity contribution in [1.82, 2.24) is 9.88 Å². The Balaban J connectivity index is -0.000000339. The van der Waals surface area contributed by atoms with Gasteiger partial charge in [-0.2, -0.15) is 17.6 Å². The Morgan fingerprint density at radius 3 is 1.12 bits per heavy atom. The number of pyridine rings is 1. The number of alkyl halides is 5. The first-order valence-electron chi connectivity index (χ1n) is 30.0. The topological polar surface area (TPSA) is 263 Å². The Morgan fingerprint density at radius 2 is 0.888 bits per heavy atom. The summed E-state index contributed by atoms with van der Waals surface area (Å²) in [6.45, 7) is 18.6. The van der Waals surface area contributed by atoms with Crippen LogP contribution >= 0.6 is 0 Å². The van der Waals surface area contributed by atoms with Crippen molar-refractivity contribution < 1.29 is 102 Å². The molecular weight excluding hydrogens is 1420 g/mol. The van der Waals surface area contributed by atoms with Gasteiger partial charge in [-0.15, -0.1) is 0 Å². The number of ether oxygens (including phenoxy) is 1. The second-order valence-electron chi connectivity index (χ2n) is 26.5. The van der Waals surface area contributed by atoms with Crippen molar-refractivity contribution in [3.63, 3.8) is 0 Å². The first-order chi connectivity index (χ1) is 43.8. The van der Waals surface area contributed by atoms with E-state index in [0.29, 0.717) is 17.6 Å². The van der Waals surface area contributed by atoms with E-state index in [1.54, 1.807) is 36.7 Å². The van der Waals surface area contributed by atoms with Gasteiger partial charge in [-0.05, 0) is 107 Å². The number of carboxylic acids is 1. The standard InChI is InChI=1S/C13H16F2O5S.C11H14O2.2C10H16N.C7H8IO.C7H10N2.C7H14N2.C3H9N.C2H4F2O4S.2CH4/c1-12(2,3)10-6-4-9(5-7-10)11(16)20-8-13(14,15)21(17,18)19;1-11(2,3)9-6-4-8(5-7-9)10(12)13;2*1-11(2,3)9-10-7-5-4-6-8-10;9-8-6-7-4-2-1-3-5-7;1-9(2)7-3-5-8-6-4-7;1-6(2)8-5-9-7(3)4;1-4(2)3;3-2(4,1-5)9(6,7)8;;/h4-7H,8H2,1-3H3,(H,17,18,19);4-7H,1-3H3,(H,12,13);2*4-8H,9H2,1-3H3;1-5,9H,6H2;3-6H,1-2H3;6-7H,1-4H3;1-3H3;5H,1H2,(H,6,7,8);2*1H4/q;;2*+1;-1;;;;;;/p-2. The van der Waals surface area contributed by atoms with E-state index in [9.17, 15) is 53.1 Å². The number of carbonyl (C=O) groups excluding carboxylic acids is 1. The van der Waals surface area contributed by atoms with E-state index in [-0.39, 0.29) is 31.2 Å². The predicted octanol–water partition coefficient (Wildman–Crippen LogP) is 10.6. The van der Waals surface area contributed by atoms with E-state index < -0.39 is 77.5 Å². The van der Waals surface area contributed by atoms with E-state index in [1.165, 1.54) is 34.5 Å². The average Bonchev–Trinajstić information content (AvgIpc) is 0.844. The Labute approximate surface area is 595 Å². The van der Waals surface area contributed by atoms with Crippen LogP contribution in [0, 0.1) is 0 Å². The van der Waals surface area contributed by atoms with Crippen LogP contribution in [0.2, 0.25) is 0 Å². The molecule has 0 fully saturated rings. The summed E-state index contributed by atoms with van der Waals surface area (Å²) in [5, 5.41) is 7.09. The summed E-state index contributed by atoms with van der Waals surface area (Å²) in [7, 11) is 11.7. The molecule has 0 saturated carbocycles. The number of esters is 1. The zero-order valence-electron chi connectivity index (χ0n) is 59.6. The maximum atomic E-state index is 12.8. The molecular formula is C72H113F4IN7O12S2-. The second-order valence-corrected chi connectivity index (χ2v) is 30.9. The number of aliphatic hydroxyl groups excluding tert-OH is 1. The number of carboxylic acid groups (broad SMARTS) is 1. The summed E-state index contributed by atoms with van der Waals surface area (Å²) < 4.78 is 123. The maximum absolute atomic E-state index is 12.8. The van der Waals surface area contributed by atoms with Gasteiger partial charge >= 0.3 is 87.8 Å². The van der Waals surface area contributed by atoms with Crippen LogP contribution in [-0.2, 0) is 53.3 Å². The third-order valence-electron chi connectivity index (χ3n) is 11.1. The summed E-state index contributed by atoms with van der Waals surface area (Å²) in [6, 6.07) is 51.4. The van der Waals surface area contributed by atoms with Crippen LogP contribution in [0.5, 0.6) is 0 Å². The molecule has 1 aromatic heterocycles. The number of carbonyl (C=O) groups is 2. The molecule has 0 unspecified atom stereocenters. The van der Waals surface area contributed by atoms with Crippen molar-refractivity contribution in [3.8, 4) is 0 Å². The molecule has 19 nitrogen and oxygen atoms in total. The van der Waals surface area contributed by atoms with Gasteiger partial charge in [0.05, 0.1) is 71.5 Å². The molecule has 98 heavy (non-hydrogen) atoms. The number of nitrogens with zero attached hydrogens (tertiary/aromatic N) is 7. The molecule has 0 amide bonds. The number of aromatic carboxylic acids is 1. The molecule has 0 radical (unpaired) electrons. The third kappa shape index (κ3) is 52.5. The van der Waals surface area contributed by atoms with Crippen LogP contribution in [0.3, 0.4) is 0 Å². The molecule has 26 heteroatoms. The molecule has 1 heterocycles. The van der Waals surface area contributed by atoms with Crippen LogP contribution in [0.1, 0.15) is 133 Å². The first-order valence-corrected chi connectivity index (χ1v) is 35.3. The van der Waals surface area contributed by atoms with Gasteiger partial charge in [0, 0.05) is 43.3 Å². The molecule has 6 aromatic rings. The Kier molecular flexibility index (Phi) is 50.1. The molecule has 0 aliphatic carbocycles. The number of hydrogen-bond donors (Lipinski definition) is 3. The number of aliphatic imine (C=N–C) groups is 2. The summed E-state index contributed by atoms with van der Waals surface area (Å²) in [6.07, 6.45) is 3.57. The van der Waals surface area contributed by atoms with Crippen LogP contribution in [0.15, 0.2) is 174 Å². The van der Waals surface area contributed by atoms with Gasteiger partial charge in [0.1, 0.15) is 19.7 Å². The molecule has 0 saturated heterocycles. The molecule has 0 spiro atoms. The van der Waals surface area contributed by atoms with Crippen molar-refractivity contribution >= 4 is 43.9 Å². The quantitative estimate of drug-likeness (QED) is 0.0155. The number of halogens is 5. The van der Waals surface area contributed by atoms with Gasteiger partial charge in [0.2, 0.25) is 0 Å². The zero-order valence-corrected chi connectivity index (χ0v) is 63.4. The Bertz CT molecular complexity index is 3280. The van der Waals surface area contributed by atoms with Crippen molar-refractivity contribution in [3.05, 3.63) is 203 Å². The van der Waals surface area contributed by atoms with E-state index >= 15 is 0 Å². The van der Waals surface area contributed by atoms with Gasteiger partial charge in [-0.1, -0.05) is 141 Å². The van der Waals surface area contributed by atoms with Gasteiger partial charge in [0.25, 0.3) is 0 Å². The van der Waals surface area contributed by atoms with Crippen LogP contribution in [-0.4, -0.2) is 190 Å². The van der Waals surface area contributed by atoms with Gasteiger partial charge in [-0.3, -0.25) is 4.98 Å². The van der Waals surface area contributed by atoms with Gasteiger partial charge in [-0.25, -0.2) is 36.4 Å². The second kappa shape index (κ2) is 49.1. The van der Waals surface area contributed by atoms with Gasteiger partial charge < -0.3 is 42.8 Å². The molecule has 6 rings (SSSR count). The minimum atomic E-state index is -5.87. The molecule has 0 aliphatic heterocycles. The normalized spacial score (nSPS) is 11.1. The van der Waals surface area contributed by atoms with Crippen molar-refractivity contribution in [2.24, 2.45) is 9.98 Å². The van der Waals surface area contributed by atoms with Crippen LogP contribution in [0.4, 0.5) is 23.2 Å². The van der Waals surface area contributed by atoms with Crippen LogP contribution < -0.4 is 26.5 Å². The number of hydrogen-bond acceptors (Lipinski definition) is 16. The summed E-state index contributed by atoms with van der Waals surface area (Å²) in [4.78, 5) is 37.9. The minimum absolute atomic E-state index is 0. The first kappa shape index (κ1) is 100. The predicted molar refractivity (Wildman–Crippen MR) is 384 cm³/mol. The monoisotopic (exact) mass is 1530 g/mol. The molecule has 556 valence electrons. The third-order valence-corrected chi connectivity index (χ3v) is 14.1. The molecule has 0 aliphatic rings. The number of aromatic nitrogens is 1. The van der Waals surface area contributed by atoms with E-state index in [4.69, 9.17) is 13.6 Å². The summed E-state index contributed by atoms with van der Waals surface area (Å²) >= 11 is -0.571. The van der Waals surface area contributed by atoms with Crippen molar-refractivity contribution in [2.45, 2.75) is 135 Å². The average molecular weight is 1540 g/mol. The Morgan fingerprint density at radius 1 is 0.571 bits per heavy atom. The molecule has 0 atom stereocenters. The van der Waals surface area contributed by atoms with E-state index in [2.05, 4.69) is 149 Å². The fourth-order valence-electron chi connectivity index (χ4n) is 6.41. The number of quaternary nitrogens is 2. The molecule has 5 aromatic carbocycles. The number of aliphatic hydroxyl groups is 1. The van der Waals surface area contributed by atoms with E-state index in [1.807, 2.05) is 148 Å². The number of anilines is 1. The van der Waals surface area contributed by atoms with Crippen molar-refractivity contribution in [1.29, 1.82) is 0 Å². The fraction of sp³-hybridized carbons (Fsp3) is 0.472. The number of rotatable bonds is 16. The van der Waals surface area contributed by atoms with Gasteiger partial charge in [0.15, 0.2) is 26.8 Å². The van der Waals surface area contributed by atoms with Crippen LogP contribution in [0.25, 0.3) is 0 Å². The SMILES string of the molecule is C.C.CC(C)(C)c1ccc(C(=O)O)cc1.CC(C)(C)c1ccc(C(=O)OCC(F)(F)S(=O)(=O)[O-])cc1.CC(C)N=C=NC(C)C.CN(C)C.CN(C)c1ccncc1.C[N+](C)(C)Cc1ccccc1.C[N+](C)(C)Cc1ccccc1.O=S(=O)([O-])C(F)(F)CO.O[I-]Cc1ccccc1. The summed E-state index contributed by atoms with van der Waals surface area (Å²) in [5.74, 6) is -2.00.